The molecule has 0 bridgehead atoms. The lowest BCUT2D eigenvalue weighted by Gasteiger charge is -1.95. The monoisotopic (exact) mass is 140 g/mol. The van der Waals surface area contributed by atoms with E-state index in [4.69, 9.17) is 0 Å². The summed E-state index contributed by atoms with van der Waals surface area (Å²) < 4.78 is 38.3. The lowest BCUT2D eigenvalue weighted by molar-refractivity contribution is 0.137. The highest BCUT2D eigenvalue weighted by Gasteiger charge is 2.00. The van der Waals surface area contributed by atoms with Crippen LogP contribution >= 0.6 is 0 Å². The molecule has 0 saturated carbocycles. The van der Waals surface area contributed by atoms with Crippen LogP contribution in [0.3, 0.4) is 0 Å². The summed E-state index contributed by atoms with van der Waals surface area (Å²) in [5.41, 5.74) is 0. The predicted octanol–water partition coefficient (Wildman–Crippen LogP) is 2.10. The second kappa shape index (κ2) is 4.23. The van der Waals surface area contributed by atoms with E-state index in [9.17, 15) is 13.2 Å². The molecule has 0 aliphatic rings. The largest absolute Gasteiger partial charge is 0.471 e. The first-order chi connectivity index (χ1) is 4.16. The summed E-state index contributed by atoms with van der Waals surface area (Å²) >= 11 is 0. The van der Waals surface area contributed by atoms with Crippen molar-refractivity contribution in [2.75, 3.05) is 6.61 Å². The van der Waals surface area contributed by atoms with Gasteiger partial charge in [0.1, 0.15) is 0 Å². The summed E-state index contributed by atoms with van der Waals surface area (Å²) in [6.07, 6.45) is -2.67. The molecule has 54 valence electrons. The highest BCUT2D eigenvalue weighted by Crippen LogP contribution is 2.03. The molecule has 1 nitrogen and oxygen atoms in total. The molecule has 0 radical (unpaired) electrons. The molecule has 0 N–H and O–H groups in total. The average molecular weight is 140 g/mol. The van der Waals surface area contributed by atoms with Gasteiger partial charge in [0.15, 0.2) is 0 Å². The first kappa shape index (κ1) is 8.33. The van der Waals surface area contributed by atoms with E-state index in [-0.39, 0.29) is 12.7 Å². The molecule has 0 aliphatic heterocycles. The van der Waals surface area contributed by atoms with Crippen LogP contribution in [0.1, 0.15) is 6.92 Å². The second-order valence-corrected chi connectivity index (χ2v) is 1.24. The van der Waals surface area contributed by atoms with Crippen molar-refractivity contribution in [1.82, 2.24) is 0 Å². The van der Waals surface area contributed by atoms with Crippen LogP contribution in [0.15, 0.2) is 12.1 Å². The molecular weight excluding hydrogens is 133 g/mol. The molecule has 0 atom stereocenters. The molecule has 0 aromatic carbocycles. The molecule has 9 heavy (non-hydrogen) atoms. The molecule has 0 rings (SSSR count). The zero-order valence-electron chi connectivity index (χ0n) is 4.90. The molecule has 0 unspecified atom stereocenters. The van der Waals surface area contributed by atoms with Gasteiger partial charge in [-0.15, -0.1) is 0 Å². The van der Waals surface area contributed by atoms with Crippen LogP contribution in [0, 0.1) is 0 Å². The van der Waals surface area contributed by atoms with E-state index in [1.54, 1.807) is 0 Å². The van der Waals surface area contributed by atoms with E-state index in [1.807, 2.05) is 0 Å². The molecule has 0 aromatic heterocycles. The number of allylic oxidation sites excluding steroid dienone is 1. The zero-order valence-corrected chi connectivity index (χ0v) is 4.90. The SMILES string of the molecule is CCO/C(F)=C\C(F)F. The van der Waals surface area contributed by atoms with Crippen molar-refractivity contribution in [3.63, 3.8) is 0 Å². The van der Waals surface area contributed by atoms with Gasteiger partial charge in [0.2, 0.25) is 0 Å². The van der Waals surface area contributed by atoms with Crippen LogP contribution in [0.5, 0.6) is 0 Å². The quantitative estimate of drug-likeness (QED) is 0.545. The van der Waals surface area contributed by atoms with Crippen molar-refractivity contribution in [2.24, 2.45) is 0 Å². The van der Waals surface area contributed by atoms with E-state index >= 15 is 0 Å². The van der Waals surface area contributed by atoms with Crippen LogP contribution in [0.4, 0.5) is 13.2 Å². The lowest BCUT2D eigenvalue weighted by atomic mass is 10.6. The van der Waals surface area contributed by atoms with E-state index in [0.29, 0.717) is 0 Å². The van der Waals surface area contributed by atoms with Crippen molar-refractivity contribution in [3.05, 3.63) is 12.1 Å². The van der Waals surface area contributed by atoms with Gasteiger partial charge in [-0.3, -0.25) is 0 Å². The average Bonchev–Trinajstić information content (AvgIpc) is 1.63. The summed E-state index contributed by atoms with van der Waals surface area (Å²) in [7, 11) is 0. The van der Waals surface area contributed by atoms with E-state index in [1.165, 1.54) is 6.92 Å². The molecule has 0 heterocycles. The molecule has 0 saturated heterocycles. The summed E-state index contributed by atoms with van der Waals surface area (Å²) in [6.45, 7) is 1.58. The van der Waals surface area contributed by atoms with Crippen molar-refractivity contribution in [1.29, 1.82) is 0 Å². The minimum atomic E-state index is -2.78. The maximum Gasteiger partial charge on any atom is 0.274 e. The molecule has 0 amide bonds. The molecular formula is C5H7F3O. The smallest absolute Gasteiger partial charge is 0.274 e. The number of hydrogen-bond acceptors (Lipinski definition) is 1. The maximum absolute atomic E-state index is 11.8. The highest BCUT2D eigenvalue weighted by molar-refractivity contribution is 4.84. The van der Waals surface area contributed by atoms with Gasteiger partial charge in [0.25, 0.3) is 12.4 Å². The minimum Gasteiger partial charge on any atom is -0.471 e. The third-order valence-electron chi connectivity index (χ3n) is 0.539. The Kier molecular flexibility index (Phi) is 3.92. The summed E-state index contributed by atoms with van der Waals surface area (Å²) in [6, 6.07) is -1.22. The van der Waals surface area contributed by atoms with Gasteiger partial charge in [-0.2, -0.15) is 4.39 Å². The lowest BCUT2D eigenvalue weighted by Crippen LogP contribution is -1.89. The van der Waals surface area contributed by atoms with Gasteiger partial charge in [0.05, 0.1) is 12.7 Å². The minimum absolute atomic E-state index is 0.0645. The normalized spacial score (nSPS) is 12.3. The number of hydrogen-bond donors (Lipinski definition) is 0. The van der Waals surface area contributed by atoms with Crippen molar-refractivity contribution < 1.29 is 17.9 Å². The van der Waals surface area contributed by atoms with Crippen molar-refractivity contribution >= 4 is 0 Å². The fraction of sp³-hybridized carbons (Fsp3) is 0.600. The Hall–Kier alpha value is -0.670. The number of rotatable bonds is 3. The Morgan fingerprint density at radius 3 is 2.56 bits per heavy atom. The van der Waals surface area contributed by atoms with Crippen LogP contribution in [-0.2, 0) is 4.74 Å². The van der Waals surface area contributed by atoms with Crippen LogP contribution in [-0.4, -0.2) is 13.0 Å². The number of alkyl halides is 2. The fourth-order valence-corrected chi connectivity index (χ4v) is 0.285. The van der Waals surface area contributed by atoms with Gasteiger partial charge < -0.3 is 4.74 Å². The maximum atomic E-state index is 11.8. The van der Waals surface area contributed by atoms with Gasteiger partial charge in [-0.25, -0.2) is 8.78 Å². The Morgan fingerprint density at radius 1 is 1.67 bits per heavy atom. The van der Waals surface area contributed by atoms with Crippen LogP contribution < -0.4 is 0 Å². The second-order valence-electron chi connectivity index (χ2n) is 1.24. The standard InChI is InChI=1S/C5H7F3O/c1-2-9-5(8)3-4(6)7/h3-4H,2H2,1H3/b5-3-. The molecule has 0 aliphatic carbocycles. The first-order valence-corrected chi connectivity index (χ1v) is 2.45. The number of ether oxygens (including phenoxy) is 1. The zero-order chi connectivity index (χ0) is 7.28. The third kappa shape index (κ3) is 5.20. The number of halogens is 3. The van der Waals surface area contributed by atoms with Gasteiger partial charge >= 0.3 is 0 Å². The van der Waals surface area contributed by atoms with E-state index in [0.717, 1.165) is 0 Å². The topological polar surface area (TPSA) is 9.23 Å². The first-order valence-electron chi connectivity index (χ1n) is 2.45. The summed E-state index contributed by atoms with van der Waals surface area (Å²) in [4.78, 5) is 0. The third-order valence-corrected chi connectivity index (χ3v) is 0.539. The van der Waals surface area contributed by atoms with Gasteiger partial charge in [0, 0.05) is 0 Å². The molecule has 4 heteroatoms. The Morgan fingerprint density at radius 2 is 2.22 bits per heavy atom. The van der Waals surface area contributed by atoms with E-state index in [2.05, 4.69) is 4.74 Å². The highest BCUT2D eigenvalue weighted by atomic mass is 19.3. The Balaban J connectivity index is 3.55. The van der Waals surface area contributed by atoms with Gasteiger partial charge in [-0.05, 0) is 6.92 Å². The Bertz CT molecular complexity index is 100. The van der Waals surface area contributed by atoms with Crippen molar-refractivity contribution in [3.8, 4) is 0 Å². The molecule has 0 fully saturated rings. The fourth-order valence-electron chi connectivity index (χ4n) is 0.285. The van der Waals surface area contributed by atoms with Gasteiger partial charge in [-0.1, -0.05) is 0 Å². The van der Waals surface area contributed by atoms with E-state index < -0.39 is 12.4 Å². The molecule has 0 spiro atoms. The van der Waals surface area contributed by atoms with Crippen LogP contribution in [0.2, 0.25) is 0 Å². The summed E-state index contributed by atoms with van der Waals surface area (Å²) in [5.74, 6) is 0. The molecule has 0 aromatic rings. The van der Waals surface area contributed by atoms with Crippen molar-refractivity contribution in [2.45, 2.75) is 13.3 Å². The predicted molar refractivity (Wildman–Crippen MR) is 26.8 cm³/mol. The summed E-state index contributed by atoms with van der Waals surface area (Å²) in [5, 5.41) is 0. The van der Waals surface area contributed by atoms with Crippen LogP contribution in [0.25, 0.3) is 0 Å². The Labute approximate surface area is 51.1 Å².